The van der Waals surface area contributed by atoms with Crippen LogP contribution in [0, 0.1) is 17.8 Å². The number of halogens is 3. The number of thiophene rings is 1. The fraction of sp³-hybridized carbons (Fsp3) is 0.609. The average Bonchev–Trinajstić information content (AvgIpc) is 3.43. The van der Waals surface area contributed by atoms with Crippen molar-refractivity contribution in [1.82, 2.24) is 24.6 Å². The first-order chi connectivity index (χ1) is 15.7. The number of aryl methyl sites for hydroxylation is 1. The maximum absolute atomic E-state index is 12.9. The molecule has 0 unspecified atom stereocenters. The molecule has 0 amide bonds. The van der Waals surface area contributed by atoms with Crippen molar-refractivity contribution in [1.29, 1.82) is 0 Å². The largest absolute Gasteiger partial charge is 0.393 e. The summed E-state index contributed by atoms with van der Waals surface area (Å²) in [6, 6.07) is 1.97. The Morgan fingerprint density at radius 1 is 1.15 bits per heavy atom. The minimum atomic E-state index is -4.22. The third-order valence-electron chi connectivity index (χ3n) is 6.96. The lowest BCUT2D eigenvalue weighted by Gasteiger charge is -2.40. The van der Waals surface area contributed by atoms with Gasteiger partial charge in [-0.25, -0.2) is 9.97 Å². The van der Waals surface area contributed by atoms with Gasteiger partial charge in [-0.3, -0.25) is 9.58 Å². The minimum absolute atomic E-state index is 0.290. The van der Waals surface area contributed by atoms with Gasteiger partial charge in [0.1, 0.15) is 17.0 Å². The summed E-state index contributed by atoms with van der Waals surface area (Å²) in [5.41, 5.74) is 1.26. The standard InChI is InChI=1S/C23H29F3N6S/c1-14(2)20(16-8-29-30(3)9-16)31-5-4-15-10-32(12-17(15)11-31)21-19-6-18(7-23(24,25)26)33-22(19)28-13-27-21/h6,8-9,13-15,17,20H,4-5,7,10-12H2,1-3H3/t15-,17+,20+/m0/s1. The molecule has 3 atom stereocenters. The fourth-order valence-electron chi connectivity index (χ4n) is 5.66. The van der Waals surface area contributed by atoms with Crippen molar-refractivity contribution in [3.05, 3.63) is 35.2 Å². The van der Waals surface area contributed by atoms with Gasteiger partial charge in [0.25, 0.3) is 0 Å². The van der Waals surface area contributed by atoms with Crippen molar-refractivity contribution in [3.8, 4) is 0 Å². The van der Waals surface area contributed by atoms with Gasteiger partial charge < -0.3 is 4.90 Å². The van der Waals surface area contributed by atoms with E-state index in [2.05, 4.69) is 44.9 Å². The number of nitrogens with zero attached hydrogens (tertiary/aromatic N) is 6. The van der Waals surface area contributed by atoms with E-state index in [1.54, 1.807) is 6.07 Å². The van der Waals surface area contributed by atoms with Crippen LogP contribution >= 0.6 is 11.3 Å². The van der Waals surface area contributed by atoms with Crippen molar-refractivity contribution < 1.29 is 13.2 Å². The zero-order valence-electron chi connectivity index (χ0n) is 19.1. The maximum atomic E-state index is 12.9. The molecule has 6 nitrogen and oxygen atoms in total. The summed E-state index contributed by atoms with van der Waals surface area (Å²) in [5, 5.41) is 5.13. The SMILES string of the molecule is CC(C)[C@H](c1cnn(C)c1)N1CC[C@H]2CN(c3ncnc4sc(CC(F)(F)F)cc34)C[C@H]2C1. The predicted molar refractivity (Wildman–Crippen MR) is 123 cm³/mol. The van der Waals surface area contributed by atoms with Crippen molar-refractivity contribution in [2.75, 3.05) is 31.1 Å². The number of hydrogen-bond acceptors (Lipinski definition) is 6. The molecule has 2 aliphatic rings. The Morgan fingerprint density at radius 3 is 2.64 bits per heavy atom. The first kappa shape index (κ1) is 22.6. The molecule has 0 aromatic carbocycles. The third-order valence-corrected chi connectivity index (χ3v) is 8.00. The first-order valence-electron chi connectivity index (χ1n) is 11.5. The highest BCUT2D eigenvalue weighted by atomic mass is 32.1. The quantitative estimate of drug-likeness (QED) is 0.533. The Bertz CT molecular complexity index is 1120. The molecule has 3 aromatic rings. The highest BCUT2D eigenvalue weighted by Gasteiger charge is 2.40. The Labute approximate surface area is 195 Å². The number of rotatable bonds is 5. The van der Waals surface area contributed by atoms with E-state index >= 15 is 0 Å². The van der Waals surface area contributed by atoms with Crippen LogP contribution in [0.3, 0.4) is 0 Å². The predicted octanol–water partition coefficient (Wildman–Crippen LogP) is 4.69. The molecule has 2 saturated heterocycles. The van der Waals surface area contributed by atoms with E-state index in [1.807, 2.05) is 17.9 Å². The third kappa shape index (κ3) is 4.59. The molecule has 10 heteroatoms. The molecule has 33 heavy (non-hydrogen) atoms. The van der Waals surface area contributed by atoms with Gasteiger partial charge in [0, 0.05) is 49.4 Å². The summed E-state index contributed by atoms with van der Waals surface area (Å²) in [6.07, 6.45) is 1.55. The van der Waals surface area contributed by atoms with Crippen LogP contribution in [-0.2, 0) is 13.5 Å². The van der Waals surface area contributed by atoms with Crippen molar-refractivity contribution in [3.63, 3.8) is 0 Å². The van der Waals surface area contributed by atoms with Crippen LogP contribution in [0.25, 0.3) is 10.2 Å². The minimum Gasteiger partial charge on any atom is -0.355 e. The molecule has 0 spiro atoms. The van der Waals surface area contributed by atoms with Crippen LogP contribution < -0.4 is 4.90 Å². The molecule has 5 rings (SSSR count). The zero-order chi connectivity index (χ0) is 23.3. The van der Waals surface area contributed by atoms with Gasteiger partial charge in [0.2, 0.25) is 0 Å². The summed E-state index contributed by atoms with van der Waals surface area (Å²) < 4.78 is 40.6. The normalized spacial score (nSPS) is 22.9. The molecular weight excluding hydrogens is 449 g/mol. The van der Waals surface area contributed by atoms with Gasteiger partial charge in [-0.15, -0.1) is 11.3 Å². The van der Waals surface area contributed by atoms with Gasteiger partial charge in [-0.1, -0.05) is 13.8 Å². The molecule has 0 bridgehead atoms. The lowest BCUT2D eigenvalue weighted by Crippen LogP contribution is -2.43. The highest BCUT2D eigenvalue weighted by Crippen LogP contribution is 2.41. The summed E-state index contributed by atoms with van der Waals surface area (Å²) in [6.45, 7) is 8.34. The van der Waals surface area contributed by atoms with E-state index in [0.29, 0.717) is 33.5 Å². The zero-order valence-corrected chi connectivity index (χ0v) is 19.9. The Kier molecular flexibility index (Phi) is 5.84. The van der Waals surface area contributed by atoms with E-state index < -0.39 is 12.6 Å². The number of hydrogen-bond donors (Lipinski definition) is 0. The number of aromatic nitrogens is 4. The average molecular weight is 479 g/mol. The molecule has 2 aliphatic heterocycles. The highest BCUT2D eigenvalue weighted by molar-refractivity contribution is 7.18. The number of anilines is 1. The lowest BCUT2D eigenvalue weighted by molar-refractivity contribution is -0.126. The van der Waals surface area contributed by atoms with E-state index in [0.717, 1.165) is 55.1 Å². The maximum Gasteiger partial charge on any atom is 0.393 e. The van der Waals surface area contributed by atoms with Gasteiger partial charge in [-0.05, 0) is 36.8 Å². The topological polar surface area (TPSA) is 50.1 Å². The summed E-state index contributed by atoms with van der Waals surface area (Å²) in [7, 11) is 1.95. The Hall–Kier alpha value is -2.20. The van der Waals surface area contributed by atoms with Crippen molar-refractivity contribution in [2.24, 2.45) is 24.8 Å². The molecule has 5 heterocycles. The fourth-order valence-corrected chi connectivity index (χ4v) is 6.68. The molecular formula is C23H29F3N6S. The Balaban J connectivity index is 1.35. The molecule has 0 saturated carbocycles. The molecule has 3 aromatic heterocycles. The van der Waals surface area contributed by atoms with Crippen LogP contribution in [0.4, 0.5) is 19.0 Å². The summed E-state index contributed by atoms with van der Waals surface area (Å²) in [5.74, 6) is 2.33. The molecule has 178 valence electrons. The Morgan fingerprint density at radius 2 is 1.94 bits per heavy atom. The van der Waals surface area contributed by atoms with Crippen LogP contribution in [0.5, 0.6) is 0 Å². The summed E-state index contributed by atoms with van der Waals surface area (Å²) in [4.78, 5) is 14.5. The van der Waals surface area contributed by atoms with Crippen molar-refractivity contribution in [2.45, 2.75) is 38.9 Å². The van der Waals surface area contributed by atoms with Crippen LogP contribution in [0.2, 0.25) is 0 Å². The second-order valence-corrected chi connectivity index (χ2v) is 10.9. The molecule has 0 aliphatic carbocycles. The van der Waals surface area contributed by atoms with Gasteiger partial charge in [-0.2, -0.15) is 18.3 Å². The van der Waals surface area contributed by atoms with E-state index in [4.69, 9.17) is 0 Å². The summed E-state index contributed by atoms with van der Waals surface area (Å²) >= 11 is 1.12. The van der Waals surface area contributed by atoms with Gasteiger partial charge in [0.15, 0.2) is 0 Å². The van der Waals surface area contributed by atoms with Crippen molar-refractivity contribution >= 4 is 27.4 Å². The second-order valence-electron chi connectivity index (χ2n) is 9.77. The van der Waals surface area contributed by atoms with Crippen LogP contribution in [-0.4, -0.2) is 57.0 Å². The van der Waals surface area contributed by atoms with Gasteiger partial charge in [0.05, 0.1) is 18.0 Å². The monoisotopic (exact) mass is 478 g/mol. The van der Waals surface area contributed by atoms with E-state index in [9.17, 15) is 13.2 Å². The van der Waals surface area contributed by atoms with E-state index in [1.165, 1.54) is 11.9 Å². The van der Waals surface area contributed by atoms with E-state index in [-0.39, 0.29) is 0 Å². The number of piperidine rings is 1. The lowest BCUT2D eigenvalue weighted by atomic mass is 9.85. The second kappa shape index (κ2) is 8.54. The first-order valence-corrected chi connectivity index (χ1v) is 12.3. The number of likely N-dealkylation sites (tertiary alicyclic amines) is 1. The van der Waals surface area contributed by atoms with Gasteiger partial charge >= 0.3 is 6.18 Å². The smallest absolute Gasteiger partial charge is 0.355 e. The molecule has 2 fully saturated rings. The molecule has 0 N–H and O–H groups in total. The molecule has 0 radical (unpaired) electrons. The number of alkyl halides is 3. The number of fused-ring (bicyclic) bond motifs is 2. The van der Waals surface area contributed by atoms with Crippen LogP contribution in [0.15, 0.2) is 24.8 Å². The van der Waals surface area contributed by atoms with Crippen LogP contribution in [0.1, 0.15) is 36.8 Å².